The molecule has 0 unspecified atom stereocenters. The van der Waals surface area contributed by atoms with Gasteiger partial charge in [0.05, 0.1) is 17.2 Å². The predicted octanol–water partition coefficient (Wildman–Crippen LogP) is 6.94. The van der Waals surface area contributed by atoms with Crippen molar-refractivity contribution in [2.45, 2.75) is 50.7 Å². The molecule has 230 valence electrons. The molecule has 3 aromatic rings. The molecule has 0 saturated carbocycles. The summed E-state index contributed by atoms with van der Waals surface area (Å²) in [5, 5.41) is 2.94. The minimum atomic E-state index is -5.03. The molecule has 3 amide bonds. The van der Waals surface area contributed by atoms with Crippen LogP contribution < -0.4 is 11.1 Å². The van der Waals surface area contributed by atoms with Gasteiger partial charge in [-0.2, -0.15) is 26.3 Å². The fourth-order valence-electron chi connectivity index (χ4n) is 5.21. The van der Waals surface area contributed by atoms with Crippen molar-refractivity contribution in [3.8, 4) is 0 Å². The van der Waals surface area contributed by atoms with E-state index >= 15 is 0 Å². The second-order valence-electron chi connectivity index (χ2n) is 10.6. The van der Waals surface area contributed by atoms with E-state index in [4.69, 9.17) is 5.73 Å². The Kier molecular flexibility index (Phi) is 8.93. The molecule has 3 N–H and O–H groups in total. The van der Waals surface area contributed by atoms with Gasteiger partial charge in [0.1, 0.15) is 5.82 Å². The third kappa shape index (κ3) is 7.57. The Bertz CT molecular complexity index is 1460. The summed E-state index contributed by atoms with van der Waals surface area (Å²) in [7, 11) is 1.28. The van der Waals surface area contributed by atoms with E-state index in [2.05, 4.69) is 5.32 Å². The Balaban J connectivity index is 1.59. The number of anilines is 1. The van der Waals surface area contributed by atoms with Gasteiger partial charge in [-0.25, -0.2) is 9.18 Å². The Hall–Kier alpha value is -4.29. The van der Waals surface area contributed by atoms with Gasteiger partial charge in [-0.15, -0.1) is 0 Å². The summed E-state index contributed by atoms with van der Waals surface area (Å²) >= 11 is 0. The lowest BCUT2D eigenvalue weighted by molar-refractivity contribution is -0.143. The Morgan fingerprint density at radius 3 is 2.12 bits per heavy atom. The molecule has 0 spiro atoms. The van der Waals surface area contributed by atoms with Crippen molar-refractivity contribution < 1.29 is 40.3 Å². The number of hydrogen-bond donors (Lipinski definition) is 2. The molecule has 0 radical (unpaired) electrons. The Morgan fingerprint density at radius 1 is 0.953 bits per heavy atom. The maximum absolute atomic E-state index is 13.9. The van der Waals surface area contributed by atoms with Gasteiger partial charge in [0, 0.05) is 37.4 Å². The highest BCUT2D eigenvalue weighted by Crippen LogP contribution is 2.37. The number of urea groups is 1. The van der Waals surface area contributed by atoms with Crippen LogP contribution in [0.15, 0.2) is 60.7 Å². The summed E-state index contributed by atoms with van der Waals surface area (Å²) in [6.45, 7) is 1.23. The SMILES string of the molecule is Cc1cc(F)ccc1[C@@H]1C[C@H](NC(=O)c2ccc(N)cc2)CCN1C(=O)N(C)Cc1cc(C(F)(F)F)cc(C(F)(F)F)c1. The van der Waals surface area contributed by atoms with E-state index in [0.717, 1.165) is 4.90 Å². The zero-order chi connectivity index (χ0) is 31.7. The van der Waals surface area contributed by atoms with Crippen LogP contribution in [-0.2, 0) is 18.9 Å². The van der Waals surface area contributed by atoms with Crippen LogP contribution in [0.3, 0.4) is 0 Å². The van der Waals surface area contributed by atoms with E-state index in [0.29, 0.717) is 40.9 Å². The second-order valence-corrected chi connectivity index (χ2v) is 10.6. The number of rotatable bonds is 5. The topological polar surface area (TPSA) is 78.7 Å². The maximum Gasteiger partial charge on any atom is 0.416 e. The first-order valence-corrected chi connectivity index (χ1v) is 13.3. The number of piperidine rings is 1. The molecule has 0 aromatic heterocycles. The van der Waals surface area contributed by atoms with E-state index < -0.39 is 54.0 Å². The van der Waals surface area contributed by atoms with E-state index in [1.807, 2.05) is 0 Å². The van der Waals surface area contributed by atoms with E-state index in [9.17, 15) is 40.3 Å². The van der Waals surface area contributed by atoms with Crippen LogP contribution in [-0.4, -0.2) is 41.4 Å². The quantitative estimate of drug-likeness (QED) is 0.243. The molecule has 1 heterocycles. The van der Waals surface area contributed by atoms with Gasteiger partial charge in [0.2, 0.25) is 0 Å². The van der Waals surface area contributed by atoms with Crippen LogP contribution >= 0.6 is 0 Å². The Labute approximate surface area is 243 Å². The third-order valence-corrected chi connectivity index (χ3v) is 7.34. The normalized spacial score (nSPS) is 17.5. The smallest absolute Gasteiger partial charge is 0.399 e. The fourth-order valence-corrected chi connectivity index (χ4v) is 5.21. The molecular formula is C30H29F7N4O2. The lowest BCUT2D eigenvalue weighted by atomic mass is 9.89. The molecule has 3 aromatic carbocycles. The molecule has 2 atom stereocenters. The third-order valence-electron chi connectivity index (χ3n) is 7.34. The number of nitrogens with two attached hydrogens (primary N) is 1. The zero-order valence-corrected chi connectivity index (χ0v) is 23.2. The number of halogens is 7. The molecule has 4 rings (SSSR count). The van der Waals surface area contributed by atoms with Gasteiger partial charge >= 0.3 is 18.4 Å². The van der Waals surface area contributed by atoms with E-state index in [1.165, 1.54) is 30.1 Å². The number of nitrogens with zero attached hydrogens (tertiary/aromatic N) is 2. The van der Waals surface area contributed by atoms with Gasteiger partial charge in [0.25, 0.3) is 5.91 Å². The number of carbonyl (C=O) groups excluding carboxylic acids is 2. The van der Waals surface area contributed by atoms with Crippen LogP contribution in [0.2, 0.25) is 0 Å². The molecule has 1 fully saturated rings. The highest BCUT2D eigenvalue weighted by Gasteiger charge is 2.38. The Morgan fingerprint density at radius 2 is 1.56 bits per heavy atom. The van der Waals surface area contributed by atoms with Gasteiger partial charge < -0.3 is 20.9 Å². The first kappa shape index (κ1) is 31.6. The van der Waals surface area contributed by atoms with Gasteiger partial charge in [-0.1, -0.05) is 6.07 Å². The molecule has 1 aliphatic heterocycles. The number of aryl methyl sites for hydroxylation is 1. The summed E-state index contributed by atoms with van der Waals surface area (Å²) in [6.07, 6.45) is -9.50. The molecular weight excluding hydrogens is 581 g/mol. The van der Waals surface area contributed by atoms with Gasteiger partial charge in [-0.05, 0) is 91.1 Å². The van der Waals surface area contributed by atoms with Gasteiger partial charge in [0.15, 0.2) is 0 Å². The average Bonchev–Trinajstić information content (AvgIpc) is 2.92. The summed E-state index contributed by atoms with van der Waals surface area (Å²) in [5.41, 5.74) is 4.37. The maximum atomic E-state index is 13.9. The first-order valence-electron chi connectivity index (χ1n) is 13.3. The first-order chi connectivity index (χ1) is 20.0. The second kappa shape index (κ2) is 12.1. The van der Waals surface area contributed by atoms with Crippen LogP contribution in [0.25, 0.3) is 0 Å². The average molecular weight is 611 g/mol. The summed E-state index contributed by atoms with van der Waals surface area (Å²) in [6, 6.07) is 9.81. The van der Waals surface area contributed by atoms with Crippen molar-refractivity contribution in [1.29, 1.82) is 0 Å². The van der Waals surface area contributed by atoms with Gasteiger partial charge in [-0.3, -0.25) is 4.79 Å². The van der Waals surface area contributed by atoms with Crippen molar-refractivity contribution in [1.82, 2.24) is 15.1 Å². The minimum absolute atomic E-state index is 0.0299. The van der Waals surface area contributed by atoms with Crippen molar-refractivity contribution in [2.75, 3.05) is 19.3 Å². The number of benzene rings is 3. The van der Waals surface area contributed by atoms with Crippen LogP contribution in [0.5, 0.6) is 0 Å². The molecule has 1 saturated heterocycles. The highest BCUT2D eigenvalue weighted by molar-refractivity contribution is 5.94. The van der Waals surface area contributed by atoms with Crippen LogP contribution in [0.4, 0.5) is 41.2 Å². The lowest BCUT2D eigenvalue weighted by Gasteiger charge is -2.42. The molecule has 0 aliphatic carbocycles. The number of hydrogen-bond acceptors (Lipinski definition) is 3. The predicted molar refractivity (Wildman–Crippen MR) is 145 cm³/mol. The number of amides is 3. The van der Waals surface area contributed by atoms with Crippen molar-refractivity contribution >= 4 is 17.6 Å². The van der Waals surface area contributed by atoms with Crippen molar-refractivity contribution in [3.63, 3.8) is 0 Å². The zero-order valence-electron chi connectivity index (χ0n) is 23.2. The number of carbonyl (C=O) groups is 2. The van der Waals surface area contributed by atoms with Crippen molar-refractivity contribution in [3.05, 3.63) is 99.9 Å². The number of likely N-dealkylation sites (tertiary alicyclic amines) is 1. The largest absolute Gasteiger partial charge is 0.416 e. The van der Waals surface area contributed by atoms with Crippen molar-refractivity contribution in [2.24, 2.45) is 0 Å². The highest BCUT2D eigenvalue weighted by atomic mass is 19.4. The molecule has 43 heavy (non-hydrogen) atoms. The summed E-state index contributed by atoms with van der Waals surface area (Å²) in [4.78, 5) is 29.0. The number of alkyl halides is 6. The molecule has 1 aliphatic rings. The number of nitrogens with one attached hydrogen (secondary N) is 1. The fraction of sp³-hybridized carbons (Fsp3) is 0.333. The van der Waals surface area contributed by atoms with E-state index in [-0.39, 0.29) is 30.5 Å². The molecule has 0 bridgehead atoms. The van der Waals surface area contributed by atoms with Crippen LogP contribution in [0.1, 0.15) is 57.1 Å². The van der Waals surface area contributed by atoms with Crippen LogP contribution in [0, 0.1) is 12.7 Å². The summed E-state index contributed by atoms with van der Waals surface area (Å²) in [5.74, 6) is -0.855. The lowest BCUT2D eigenvalue weighted by Crippen LogP contribution is -2.51. The monoisotopic (exact) mass is 610 g/mol. The molecule has 6 nitrogen and oxygen atoms in total. The summed E-state index contributed by atoms with van der Waals surface area (Å²) < 4.78 is 94.1. The minimum Gasteiger partial charge on any atom is -0.399 e. The van der Waals surface area contributed by atoms with E-state index in [1.54, 1.807) is 31.2 Å². The molecule has 13 heteroatoms. The number of nitrogen functional groups attached to an aromatic ring is 1. The standard InChI is InChI=1S/C30H29F7N4O2/c1-17-11-22(31)5-8-25(17)26-15-24(39-27(42)19-3-6-23(38)7-4-19)9-10-41(26)28(43)40(2)16-18-12-20(29(32,33)34)14-21(13-18)30(35,36)37/h3-8,11-14,24,26H,9-10,15-16,38H2,1-2H3,(H,39,42)/t24-,26+/m1/s1.